The lowest BCUT2D eigenvalue weighted by Crippen LogP contribution is -1.98. The van der Waals surface area contributed by atoms with E-state index in [-0.39, 0.29) is 0 Å². The third kappa shape index (κ3) is 5.71. The highest BCUT2D eigenvalue weighted by Gasteiger charge is 2.17. The third-order valence-electron chi connectivity index (χ3n) is 10.5. The topological polar surface area (TPSA) is 25.8 Å². The van der Waals surface area contributed by atoms with Crippen LogP contribution in [0.5, 0.6) is 0 Å². The van der Waals surface area contributed by atoms with Gasteiger partial charge in [0.15, 0.2) is 5.82 Å². The predicted molar refractivity (Wildman–Crippen MR) is 227 cm³/mol. The summed E-state index contributed by atoms with van der Waals surface area (Å²) in [6.45, 7) is 0. The van der Waals surface area contributed by atoms with Crippen molar-refractivity contribution in [2.75, 3.05) is 0 Å². The first-order chi connectivity index (χ1) is 26.8. The molecule has 2 nitrogen and oxygen atoms in total. The fourth-order valence-corrected chi connectivity index (χ4v) is 7.85. The Morgan fingerprint density at radius 3 is 1.65 bits per heavy atom. The summed E-state index contributed by atoms with van der Waals surface area (Å²) >= 11 is 0. The van der Waals surface area contributed by atoms with Crippen LogP contribution < -0.4 is 0 Å². The van der Waals surface area contributed by atoms with E-state index in [0.717, 1.165) is 50.3 Å². The monoisotopic (exact) mass is 686 g/mol. The van der Waals surface area contributed by atoms with Gasteiger partial charge >= 0.3 is 0 Å². The normalized spacial score (nSPS) is 11.3. The van der Waals surface area contributed by atoms with Gasteiger partial charge in [0.05, 0.1) is 11.4 Å². The second-order valence-electron chi connectivity index (χ2n) is 13.8. The Morgan fingerprint density at radius 2 is 0.870 bits per heavy atom. The SMILES string of the molecule is c1ccc(-c2ccc(-c3ccccc3)c(-c3cc(-c4cccc(-c5c6ccccc6cc6c5ccc5ccccc56)c4)nc(-c4ccccc4)n3)c2)cc1. The summed E-state index contributed by atoms with van der Waals surface area (Å²) in [6, 6.07) is 73.5. The first-order valence-corrected chi connectivity index (χ1v) is 18.4. The van der Waals surface area contributed by atoms with Crippen molar-refractivity contribution in [1.82, 2.24) is 9.97 Å². The Hall–Kier alpha value is -7.16. The molecule has 0 fully saturated rings. The minimum atomic E-state index is 0.694. The number of fused-ring (bicyclic) bond motifs is 4. The first-order valence-electron chi connectivity index (χ1n) is 18.4. The molecule has 0 unspecified atom stereocenters. The van der Waals surface area contributed by atoms with Crippen molar-refractivity contribution in [2.45, 2.75) is 0 Å². The molecule has 0 atom stereocenters. The smallest absolute Gasteiger partial charge is 0.160 e. The Bertz CT molecular complexity index is 2970. The molecule has 0 aliphatic carbocycles. The largest absolute Gasteiger partial charge is 0.228 e. The Labute approximate surface area is 314 Å². The van der Waals surface area contributed by atoms with Crippen LogP contribution in [0.3, 0.4) is 0 Å². The molecule has 1 aromatic heterocycles. The van der Waals surface area contributed by atoms with Gasteiger partial charge in [0.2, 0.25) is 0 Å². The molecule has 0 bridgehead atoms. The van der Waals surface area contributed by atoms with Crippen LogP contribution in [0, 0.1) is 0 Å². The number of hydrogen-bond donors (Lipinski definition) is 0. The van der Waals surface area contributed by atoms with Gasteiger partial charge in [0.25, 0.3) is 0 Å². The number of nitrogens with zero attached hydrogens (tertiary/aromatic N) is 2. The third-order valence-corrected chi connectivity index (χ3v) is 10.5. The summed E-state index contributed by atoms with van der Waals surface area (Å²) in [7, 11) is 0. The summed E-state index contributed by atoms with van der Waals surface area (Å²) in [6.07, 6.45) is 0. The van der Waals surface area contributed by atoms with Crippen LogP contribution >= 0.6 is 0 Å². The van der Waals surface area contributed by atoms with Gasteiger partial charge < -0.3 is 0 Å². The van der Waals surface area contributed by atoms with Gasteiger partial charge in [0, 0.05) is 16.7 Å². The van der Waals surface area contributed by atoms with E-state index in [4.69, 9.17) is 9.97 Å². The highest BCUT2D eigenvalue weighted by atomic mass is 14.9. The van der Waals surface area contributed by atoms with Gasteiger partial charge in [0.1, 0.15) is 0 Å². The molecular formula is C52H34N2. The molecule has 0 aliphatic rings. The molecule has 10 aromatic rings. The number of hydrogen-bond acceptors (Lipinski definition) is 2. The minimum absolute atomic E-state index is 0.694. The van der Waals surface area contributed by atoms with Crippen LogP contribution in [0.15, 0.2) is 206 Å². The fourth-order valence-electron chi connectivity index (χ4n) is 7.85. The molecule has 0 amide bonds. The lowest BCUT2D eigenvalue weighted by atomic mass is 9.89. The fraction of sp³-hybridized carbons (Fsp3) is 0. The van der Waals surface area contributed by atoms with E-state index in [1.54, 1.807) is 0 Å². The molecular weight excluding hydrogens is 653 g/mol. The van der Waals surface area contributed by atoms with Crippen molar-refractivity contribution in [1.29, 1.82) is 0 Å². The van der Waals surface area contributed by atoms with Gasteiger partial charge in [-0.15, -0.1) is 0 Å². The zero-order chi connectivity index (χ0) is 35.8. The highest BCUT2D eigenvalue weighted by molar-refractivity contribution is 6.20. The average molecular weight is 687 g/mol. The van der Waals surface area contributed by atoms with Gasteiger partial charge in [-0.1, -0.05) is 182 Å². The Morgan fingerprint density at radius 1 is 0.259 bits per heavy atom. The van der Waals surface area contributed by atoms with Crippen LogP contribution in [0.2, 0.25) is 0 Å². The van der Waals surface area contributed by atoms with Gasteiger partial charge in [-0.25, -0.2) is 9.97 Å². The van der Waals surface area contributed by atoms with Crippen LogP contribution in [-0.4, -0.2) is 9.97 Å². The van der Waals surface area contributed by atoms with Crippen LogP contribution in [0.4, 0.5) is 0 Å². The molecule has 0 spiro atoms. The van der Waals surface area contributed by atoms with E-state index in [1.807, 2.05) is 18.2 Å². The molecule has 252 valence electrons. The van der Waals surface area contributed by atoms with Crippen molar-refractivity contribution < 1.29 is 0 Å². The molecule has 1 heterocycles. The molecule has 0 saturated heterocycles. The van der Waals surface area contributed by atoms with Crippen molar-refractivity contribution in [3.05, 3.63) is 206 Å². The van der Waals surface area contributed by atoms with Crippen molar-refractivity contribution >= 4 is 32.3 Å². The second kappa shape index (κ2) is 13.4. The van der Waals surface area contributed by atoms with E-state index in [2.05, 4.69) is 188 Å². The lowest BCUT2D eigenvalue weighted by Gasteiger charge is -2.16. The standard InChI is InChI=1S/C52H34N2/c1-4-15-35(16-5-1)39-28-29-44(36-17-6-2-7-18-36)48(32-39)50-34-49(53-52(54-50)38-20-8-3-9-21-38)41-23-14-24-42(31-41)51-45-26-13-11-22-40(45)33-47-43-25-12-10-19-37(43)27-30-46(47)51/h1-34H. The van der Waals surface area contributed by atoms with E-state index in [0.29, 0.717) is 5.82 Å². The summed E-state index contributed by atoms with van der Waals surface area (Å²) < 4.78 is 0. The maximum absolute atomic E-state index is 5.30. The molecule has 0 N–H and O–H groups in total. The van der Waals surface area contributed by atoms with E-state index < -0.39 is 0 Å². The van der Waals surface area contributed by atoms with Crippen molar-refractivity contribution in [2.24, 2.45) is 0 Å². The van der Waals surface area contributed by atoms with Crippen molar-refractivity contribution in [3.63, 3.8) is 0 Å². The summed E-state index contributed by atoms with van der Waals surface area (Å²) in [5, 5.41) is 7.46. The van der Waals surface area contributed by atoms with Crippen LogP contribution in [0.1, 0.15) is 0 Å². The first kappa shape index (κ1) is 31.6. The average Bonchev–Trinajstić information content (AvgIpc) is 3.26. The predicted octanol–water partition coefficient (Wildman–Crippen LogP) is 13.9. The summed E-state index contributed by atoms with van der Waals surface area (Å²) in [5.74, 6) is 0.694. The minimum Gasteiger partial charge on any atom is -0.228 e. The number of rotatable bonds is 6. The summed E-state index contributed by atoms with van der Waals surface area (Å²) in [5.41, 5.74) is 11.8. The highest BCUT2D eigenvalue weighted by Crippen LogP contribution is 2.41. The molecule has 0 saturated carbocycles. The van der Waals surface area contributed by atoms with E-state index >= 15 is 0 Å². The zero-order valence-electron chi connectivity index (χ0n) is 29.5. The van der Waals surface area contributed by atoms with Gasteiger partial charge in [-0.2, -0.15) is 0 Å². The van der Waals surface area contributed by atoms with Crippen LogP contribution in [0.25, 0.3) is 99.6 Å². The zero-order valence-corrected chi connectivity index (χ0v) is 29.5. The summed E-state index contributed by atoms with van der Waals surface area (Å²) in [4.78, 5) is 10.6. The Balaban J connectivity index is 1.21. The molecule has 9 aromatic carbocycles. The maximum atomic E-state index is 5.30. The van der Waals surface area contributed by atoms with Gasteiger partial charge in [-0.3, -0.25) is 0 Å². The second-order valence-corrected chi connectivity index (χ2v) is 13.8. The molecule has 0 radical (unpaired) electrons. The maximum Gasteiger partial charge on any atom is 0.160 e. The quantitative estimate of drug-likeness (QED) is 0.129. The number of aromatic nitrogens is 2. The van der Waals surface area contributed by atoms with Crippen molar-refractivity contribution in [3.8, 4) is 67.3 Å². The Kier molecular flexibility index (Phi) is 7.85. The van der Waals surface area contributed by atoms with E-state index in [1.165, 1.54) is 43.4 Å². The molecule has 0 aliphatic heterocycles. The van der Waals surface area contributed by atoms with Crippen LogP contribution in [-0.2, 0) is 0 Å². The van der Waals surface area contributed by atoms with E-state index in [9.17, 15) is 0 Å². The number of benzene rings is 9. The molecule has 10 rings (SSSR count). The molecule has 2 heteroatoms. The van der Waals surface area contributed by atoms with Gasteiger partial charge in [-0.05, 0) is 90.0 Å². The molecule has 54 heavy (non-hydrogen) atoms. The lowest BCUT2D eigenvalue weighted by molar-refractivity contribution is 1.18.